The van der Waals surface area contributed by atoms with Crippen molar-refractivity contribution in [2.45, 2.75) is 12.8 Å². The van der Waals surface area contributed by atoms with Gasteiger partial charge in [0.05, 0.1) is 5.69 Å². The number of nitrogens with zero attached hydrogens (tertiary/aromatic N) is 1. The highest BCUT2D eigenvalue weighted by Gasteiger charge is 2.27. The summed E-state index contributed by atoms with van der Waals surface area (Å²) in [4.78, 5) is 4.70. The van der Waals surface area contributed by atoms with Gasteiger partial charge in [-0.15, -0.1) is 0 Å². The third-order valence-electron chi connectivity index (χ3n) is 3.25. The second-order valence-corrected chi connectivity index (χ2v) is 4.15. The Labute approximate surface area is 89.9 Å². The molecule has 0 spiro atoms. The zero-order chi connectivity index (χ0) is 10.3. The lowest BCUT2D eigenvalue weighted by molar-refractivity contribution is 0.668. The standard InChI is InChI=1S/C14H13N/c1-10-11-6-2-4-8-13(11)15-14-9-5-3-7-12(10)14/h2-11H,1H3. The summed E-state index contributed by atoms with van der Waals surface area (Å²) in [5.41, 5.74) is 3.70. The summed E-state index contributed by atoms with van der Waals surface area (Å²) in [6.07, 6.45) is 8.56. The molecule has 1 aromatic rings. The first-order valence-corrected chi connectivity index (χ1v) is 5.38. The third kappa shape index (κ3) is 1.27. The lowest BCUT2D eigenvalue weighted by atomic mass is 9.79. The monoisotopic (exact) mass is 195 g/mol. The van der Waals surface area contributed by atoms with Crippen molar-refractivity contribution in [3.05, 3.63) is 54.1 Å². The van der Waals surface area contributed by atoms with Crippen LogP contribution >= 0.6 is 0 Å². The SMILES string of the molecule is CC1c2ccccc2N=C2C=CC=CC21. The van der Waals surface area contributed by atoms with Gasteiger partial charge in [-0.2, -0.15) is 0 Å². The molecule has 0 fully saturated rings. The molecule has 0 aromatic heterocycles. The fourth-order valence-corrected chi connectivity index (χ4v) is 2.39. The molecular weight excluding hydrogens is 182 g/mol. The van der Waals surface area contributed by atoms with E-state index in [1.54, 1.807) is 0 Å². The van der Waals surface area contributed by atoms with E-state index in [2.05, 4.69) is 55.5 Å². The van der Waals surface area contributed by atoms with Gasteiger partial charge in [-0.3, -0.25) is 4.99 Å². The van der Waals surface area contributed by atoms with Crippen LogP contribution in [0, 0.1) is 5.92 Å². The van der Waals surface area contributed by atoms with Crippen LogP contribution in [0.5, 0.6) is 0 Å². The van der Waals surface area contributed by atoms with E-state index in [0.29, 0.717) is 11.8 Å². The van der Waals surface area contributed by atoms with Gasteiger partial charge in [0, 0.05) is 11.6 Å². The van der Waals surface area contributed by atoms with Gasteiger partial charge in [-0.25, -0.2) is 0 Å². The molecule has 0 N–H and O–H groups in total. The molecule has 3 rings (SSSR count). The van der Waals surface area contributed by atoms with Gasteiger partial charge in [0.1, 0.15) is 0 Å². The number of hydrogen-bond acceptors (Lipinski definition) is 1. The fraction of sp³-hybridized carbons (Fsp3) is 0.214. The first kappa shape index (κ1) is 8.66. The molecule has 2 aliphatic rings. The quantitative estimate of drug-likeness (QED) is 0.599. The van der Waals surface area contributed by atoms with Crippen LogP contribution in [0.1, 0.15) is 18.4 Å². The zero-order valence-electron chi connectivity index (χ0n) is 8.72. The minimum absolute atomic E-state index is 0.463. The molecule has 2 unspecified atom stereocenters. The lowest BCUT2D eigenvalue weighted by Crippen LogP contribution is -2.21. The van der Waals surface area contributed by atoms with Crippen LogP contribution in [-0.4, -0.2) is 5.71 Å². The van der Waals surface area contributed by atoms with E-state index >= 15 is 0 Å². The molecule has 0 saturated carbocycles. The largest absolute Gasteiger partial charge is 0.253 e. The Morgan fingerprint density at radius 3 is 2.93 bits per heavy atom. The maximum atomic E-state index is 4.70. The van der Waals surface area contributed by atoms with Crippen molar-refractivity contribution in [1.82, 2.24) is 0 Å². The molecule has 74 valence electrons. The molecule has 2 atom stereocenters. The molecule has 0 radical (unpaired) electrons. The molecular formula is C14H13N. The first-order valence-electron chi connectivity index (χ1n) is 5.38. The van der Waals surface area contributed by atoms with Crippen molar-refractivity contribution in [3.63, 3.8) is 0 Å². The molecule has 1 heterocycles. The fourth-order valence-electron chi connectivity index (χ4n) is 2.39. The predicted molar refractivity (Wildman–Crippen MR) is 63.7 cm³/mol. The lowest BCUT2D eigenvalue weighted by Gasteiger charge is -2.28. The average Bonchev–Trinajstić information content (AvgIpc) is 2.30. The summed E-state index contributed by atoms with van der Waals surface area (Å²) in [7, 11) is 0. The minimum Gasteiger partial charge on any atom is -0.253 e. The Hall–Kier alpha value is -1.63. The van der Waals surface area contributed by atoms with E-state index in [-0.39, 0.29) is 0 Å². The average molecular weight is 195 g/mol. The Bertz CT molecular complexity index is 480. The molecule has 1 aliphatic carbocycles. The molecule has 1 nitrogen and oxygen atoms in total. The second kappa shape index (κ2) is 3.20. The summed E-state index contributed by atoms with van der Waals surface area (Å²) >= 11 is 0. The Morgan fingerprint density at radius 2 is 2.00 bits per heavy atom. The van der Waals surface area contributed by atoms with E-state index in [1.165, 1.54) is 11.3 Å². The van der Waals surface area contributed by atoms with E-state index in [0.717, 1.165) is 5.69 Å². The minimum atomic E-state index is 0.463. The Balaban J connectivity index is 2.19. The van der Waals surface area contributed by atoms with Crippen molar-refractivity contribution in [3.8, 4) is 0 Å². The van der Waals surface area contributed by atoms with E-state index in [1.807, 2.05) is 0 Å². The van der Waals surface area contributed by atoms with Gasteiger partial charge in [0.2, 0.25) is 0 Å². The molecule has 0 saturated heterocycles. The van der Waals surface area contributed by atoms with Gasteiger partial charge in [-0.05, 0) is 23.6 Å². The summed E-state index contributed by atoms with van der Waals surface area (Å²) in [6, 6.07) is 8.43. The number of aliphatic imine (C=N–C) groups is 1. The second-order valence-electron chi connectivity index (χ2n) is 4.15. The van der Waals surface area contributed by atoms with Crippen LogP contribution in [0.3, 0.4) is 0 Å². The third-order valence-corrected chi connectivity index (χ3v) is 3.25. The molecule has 15 heavy (non-hydrogen) atoms. The van der Waals surface area contributed by atoms with Gasteiger partial charge >= 0.3 is 0 Å². The molecule has 1 aromatic carbocycles. The first-order chi connectivity index (χ1) is 7.36. The van der Waals surface area contributed by atoms with Gasteiger partial charge in [-0.1, -0.05) is 43.4 Å². The van der Waals surface area contributed by atoms with Crippen LogP contribution in [0.4, 0.5) is 5.69 Å². The molecule has 1 aliphatic heterocycles. The van der Waals surface area contributed by atoms with Crippen molar-refractivity contribution in [2.24, 2.45) is 10.9 Å². The van der Waals surface area contributed by atoms with Gasteiger partial charge in [0.25, 0.3) is 0 Å². The topological polar surface area (TPSA) is 12.4 Å². The maximum absolute atomic E-state index is 4.70. The van der Waals surface area contributed by atoms with E-state index in [9.17, 15) is 0 Å². The van der Waals surface area contributed by atoms with E-state index < -0.39 is 0 Å². The highest BCUT2D eigenvalue weighted by atomic mass is 14.8. The van der Waals surface area contributed by atoms with Crippen molar-refractivity contribution >= 4 is 11.4 Å². The van der Waals surface area contributed by atoms with Crippen LogP contribution in [0.15, 0.2) is 53.6 Å². The smallest absolute Gasteiger partial charge is 0.0668 e. The predicted octanol–water partition coefficient (Wildman–Crippen LogP) is 3.62. The molecule has 0 amide bonds. The van der Waals surface area contributed by atoms with Crippen LogP contribution in [0.2, 0.25) is 0 Å². The maximum Gasteiger partial charge on any atom is 0.0668 e. The van der Waals surface area contributed by atoms with Crippen molar-refractivity contribution in [1.29, 1.82) is 0 Å². The number of benzene rings is 1. The highest BCUT2D eigenvalue weighted by molar-refractivity contribution is 6.02. The zero-order valence-corrected chi connectivity index (χ0v) is 8.72. The Kier molecular flexibility index (Phi) is 1.84. The number of para-hydroxylation sites is 1. The number of hydrogen-bond donors (Lipinski definition) is 0. The molecule has 1 heteroatoms. The number of allylic oxidation sites excluding steroid dienone is 4. The summed E-state index contributed by atoms with van der Waals surface area (Å²) in [5, 5.41) is 0. The highest BCUT2D eigenvalue weighted by Crippen LogP contribution is 2.39. The number of rotatable bonds is 0. The summed E-state index contributed by atoms with van der Waals surface area (Å²) in [6.45, 7) is 2.28. The Morgan fingerprint density at radius 1 is 1.13 bits per heavy atom. The van der Waals surface area contributed by atoms with Crippen molar-refractivity contribution in [2.75, 3.05) is 0 Å². The summed E-state index contributed by atoms with van der Waals surface area (Å²) < 4.78 is 0. The van der Waals surface area contributed by atoms with Crippen LogP contribution in [-0.2, 0) is 0 Å². The van der Waals surface area contributed by atoms with Crippen molar-refractivity contribution < 1.29 is 0 Å². The summed E-state index contributed by atoms with van der Waals surface area (Å²) in [5.74, 6) is 1.000. The number of fused-ring (bicyclic) bond motifs is 2. The van der Waals surface area contributed by atoms with Crippen LogP contribution in [0.25, 0.3) is 0 Å². The normalized spacial score (nSPS) is 26.9. The molecule has 0 bridgehead atoms. The van der Waals surface area contributed by atoms with E-state index in [4.69, 9.17) is 4.99 Å². The van der Waals surface area contributed by atoms with Crippen LogP contribution < -0.4 is 0 Å². The van der Waals surface area contributed by atoms with Gasteiger partial charge < -0.3 is 0 Å². The van der Waals surface area contributed by atoms with Gasteiger partial charge in [0.15, 0.2) is 0 Å².